The topological polar surface area (TPSA) is 88.3 Å². The van der Waals surface area contributed by atoms with Gasteiger partial charge in [0.05, 0.1) is 27.3 Å². The van der Waals surface area contributed by atoms with Crippen LogP contribution < -0.4 is 20.1 Å². The Labute approximate surface area is 189 Å². The summed E-state index contributed by atoms with van der Waals surface area (Å²) < 4.78 is 16.2. The number of hydrogen-bond acceptors (Lipinski definition) is 5. The zero-order chi connectivity index (χ0) is 20.7. The van der Waals surface area contributed by atoms with Crippen molar-refractivity contribution in [3.63, 3.8) is 0 Å². The highest BCUT2D eigenvalue weighted by atomic mass is 127. The van der Waals surface area contributed by atoms with Crippen LogP contribution in [0.3, 0.4) is 0 Å². The first kappa shape index (κ1) is 25.1. The van der Waals surface area contributed by atoms with Crippen molar-refractivity contribution in [1.82, 2.24) is 10.6 Å². The monoisotopic (exact) mass is 517 g/mol. The number of aliphatic hydroxyl groups is 1. The second-order valence-corrected chi connectivity index (χ2v) is 6.83. The normalized spacial score (nSPS) is 13.3. The standard InChI is InChI=1S/C21H31N3O4.HI/c1-7-22-20(23-12-16-8-9-17(26-5)11-19(16)27-6)24-13-21(4,25)18-10-14(2)28-15(18)3;/h8-11,25H,7,12-13H2,1-6H3,(H2,22,23,24);1H. The van der Waals surface area contributed by atoms with E-state index in [0.717, 1.165) is 28.4 Å². The molecule has 0 radical (unpaired) electrons. The van der Waals surface area contributed by atoms with Gasteiger partial charge in [-0.3, -0.25) is 0 Å². The summed E-state index contributed by atoms with van der Waals surface area (Å²) in [5.74, 6) is 3.56. The SMILES string of the molecule is CCNC(=NCc1ccc(OC)cc1OC)NCC(C)(O)c1cc(C)oc1C.I. The predicted octanol–water partition coefficient (Wildman–Crippen LogP) is 3.49. The summed E-state index contributed by atoms with van der Waals surface area (Å²) in [6.45, 7) is 8.89. The Morgan fingerprint density at radius 1 is 1.17 bits per heavy atom. The van der Waals surface area contributed by atoms with Gasteiger partial charge in [-0.15, -0.1) is 24.0 Å². The van der Waals surface area contributed by atoms with E-state index < -0.39 is 5.60 Å². The Bertz CT molecular complexity index is 818. The largest absolute Gasteiger partial charge is 0.497 e. The molecule has 1 atom stereocenters. The van der Waals surface area contributed by atoms with Crippen LogP contribution in [0.5, 0.6) is 11.5 Å². The quantitative estimate of drug-likeness (QED) is 0.282. The highest BCUT2D eigenvalue weighted by Gasteiger charge is 2.27. The molecule has 1 heterocycles. The van der Waals surface area contributed by atoms with Crippen LogP contribution in [0.25, 0.3) is 0 Å². The van der Waals surface area contributed by atoms with Gasteiger partial charge >= 0.3 is 0 Å². The molecule has 7 nitrogen and oxygen atoms in total. The summed E-state index contributed by atoms with van der Waals surface area (Å²) in [6, 6.07) is 7.50. The third-order valence-corrected chi connectivity index (χ3v) is 4.47. The molecule has 0 saturated carbocycles. The van der Waals surface area contributed by atoms with Crippen molar-refractivity contribution >= 4 is 29.9 Å². The summed E-state index contributed by atoms with van der Waals surface area (Å²) >= 11 is 0. The molecular weight excluding hydrogens is 485 g/mol. The van der Waals surface area contributed by atoms with Crippen LogP contribution in [-0.4, -0.2) is 38.4 Å². The first-order chi connectivity index (χ1) is 13.3. The maximum Gasteiger partial charge on any atom is 0.191 e. The summed E-state index contributed by atoms with van der Waals surface area (Å²) in [4.78, 5) is 4.61. The zero-order valence-electron chi connectivity index (χ0n) is 18.0. The second kappa shape index (κ2) is 11.3. The van der Waals surface area contributed by atoms with Gasteiger partial charge in [0, 0.05) is 23.7 Å². The Balaban J connectivity index is 0.00000420. The average molecular weight is 517 g/mol. The van der Waals surface area contributed by atoms with Gasteiger partial charge in [0.25, 0.3) is 0 Å². The molecule has 2 rings (SSSR count). The van der Waals surface area contributed by atoms with Gasteiger partial charge < -0.3 is 29.6 Å². The Kier molecular flexibility index (Phi) is 9.78. The number of halogens is 1. The lowest BCUT2D eigenvalue weighted by molar-refractivity contribution is 0.0601. The van der Waals surface area contributed by atoms with Gasteiger partial charge in [-0.25, -0.2) is 4.99 Å². The van der Waals surface area contributed by atoms with E-state index in [4.69, 9.17) is 13.9 Å². The molecule has 1 aromatic carbocycles. The minimum atomic E-state index is -1.09. The first-order valence-electron chi connectivity index (χ1n) is 9.33. The van der Waals surface area contributed by atoms with Crippen LogP contribution in [0.1, 0.15) is 36.5 Å². The summed E-state index contributed by atoms with van der Waals surface area (Å²) in [5.41, 5.74) is 0.620. The van der Waals surface area contributed by atoms with Gasteiger partial charge in [0.15, 0.2) is 5.96 Å². The average Bonchev–Trinajstić information content (AvgIpc) is 3.03. The number of rotatable bonds is 8. The molecule has 3 N–H and O–H groups in total. The van der Waals surface area contributed by atoms with E-state index in [-0.39, 0.29) is 24.0 Å². The van der Waals surface area contributed by atoms with Gasteiger partial charge in [0.2, 0.25) is 0 Å². The Morgan fingerprint density at radius 3 is 2.45 bits per heavy atom. The molecule has 0 bridgehead atoms. The third kappa shape index (κ3) is 6.81. The summed E-state index contributed by atoms with van der Waals surface area (Å²) in [5, 5.41) is 17.3. The smallest absolute Gasteiger partial charge is 0.191 e. The third-order valence-electron chi connectivity index (χ3n) is 4.47. The molecule has 0 aliphatic rings. The lowest BCUT2D eigenvalue weighted by atomic mass is 9.96. The van der Waals surface area contributed by atoms with Crippen molar-refractivity contribution in [2.24, 2.45) is 4.99 Å². The van der Waals surface area contributed by atoms with Crippen molar-refractivity contribution in [3.05, 3.63) is 46.9 Å². The number of nitrogens with one attached hydrogen (secondary N) is 2. The fourth-order valence-corrected chi connectivity index (χ4v) is 3.01. The summed E-state index contributed by atoms with van der Waals surface area (Å²) in [7, 11) is 3.24. The van der Waals surface area contributed by atoms with Crippen molar-refractivity contribution in [2.45, 2.75) is 39.8 Å². The number of benzene rings is 1. The van der Waals surface area contributed by atoms with Crippen LogP contribution in [-0.2, 0) is 12.1 Å². The number of nitrogens with zero attached hydrogens (tertiary/aromatic N) is 1. The van der Waals surface area contributed by atoms with E-state index >= 15 is 0 Å². The van der Waals surface area contributed by atoms with E-state index in [0.29, 0.717) is 31.4 Å². The lowest BCUT2D eigenvalue weighted by Crippen LogP contribution is -2.44. The van der Waals surface area contributed by atoms with Crippen molar-refractivity contribution < 1.29 is 19.0 Å². The molecule has 0 amide bonds. The minimum absolute atomic E-state index is 0. The van der Waals surface area contributed by atoms with Crippen LogP contribution in [0.4, 0.5) is 0 Å². The van der Waals surface area contributed by atoms with Gasteiger partial charge in [-0.2, -0.15) is 0 Å². The fourth-order valence-electron chi connectivity index (χ4n) is 3.01. The minimum Gasteiger partial charge on any atom is -0.497 e. The van der Waals surface area contributed by atoms with Gasteiger partial charge in [-0.05, 0) is 45.9 Å². The highest BCUT2D eigenvalue weighted by Crippen LogP contribution is 2.27. The number of ether oxygens (including phenoxy) is 2. The maximum atomic E-state index is 10.9. The number of hydrogen-bond donors (Lipinski definition) is 3. The molecule has 2 aromatic rings. The Morgan fingerprint density at radius 2 is 1.90 bits per heavy atom. The molecule has 29 heavy (non-hydrogen) atoms. The molecule has 162 valence electrons. The van der Waals surface area contributed by atoms with E-state index in [9.17, 15) is 5.11 Å². The summed E-state index contributed by atoms with van der Waals surface area (Å²) in [6.07, 6.45) is 0. The number of furan rings is 1. The van der Waals surface area contributed by atoms with Crippen LogP contribution in [0.15, 0.2) is 33.7 Å². The van der Waals surface area contributed by atoms with Gasteiger partial charge in [0.1, 0.15) is 28.6 Å². The number of aryl methyl sites for hydroxylation is 2. The Hall–Kier alpha value is -1.94. The number of guanidine groups is 1. The molecule has 0 saturated heterocycles. The van der Waals surface area contributed by atoms with E-state index in [1.165, 1.54) is 0 Å². The van der Waals surface area contributed by atoms with Crippen LogP contribution in [0.2, 0.25) is 0 Å². The van der Waals surface area contributed by atoms with Crippen molar-refractivity contribution in [3.8, 4) is 11.5 Å². The van der Waals surface area contributed by atoms with E-state index in [1.807, 2.05) is 45.0 Å². The number of aliphatic imine (C=N–C) groups is 1. The molecule has 0 aliphatic heterocycles. The van der Waals surface area contributed by atoms with Crippen LogP contribution in [0, 0.1) is 13.8 Å². The fraction of sp³-hybridized carbons (Fsp3) is 0.476. The van der Waals surface area contributed by atoms with E-state index in [2.05, 4.69) is 15.6 Å². The zero-order valence-corrected chi connectivity index (χ0v) is 20.3. The molecule has 0 spiro atoms. The van der Waals surface area contributed by atoms with Crippen molar-refractivity contribution in [1.29, 1.82) is 0 Å². The molecule has 0 aliphatic carbocycles. The number of methoxy groups -OCH3 is 2. The molecule has 0 fully saturated rings. The molecule has 1 unspecified atom stereocenters. The lowest BCUT2D eigenvalue weighted by Gasteiger charge is -2.24. The maximum absolute atomic E-state index is 10.9. The van der Waals surface area contributed by atoms with Gasteiger partial charge in [-0.1, -0.05) is 0 Å². The molecular formula is C21H32IN3O4. The highest BCUT2D eigenvalue weighted by molar-refractivity contribution is 14.0. The first-order valence-corrected chi connectivity index (χ1v) is 9.33. The van der Waals surface area contributed by atoms with E-state index in [1.54, 1.807) is 21.1 Å². The second-order valence-electron chi connectivity index (χ2n) is 6.83. The molecule has 1 aromatic heterocycles. The van der Waals surface area contributed by atoms with Crippen molar-refractivity contribution in [2.75, 3.05) is 27.3 Å². The molecule has 8 heteroatoms. The van der Waals surface area contributed by atoms with Crippen LogP contribution >= 0.6 is 24.0 Å². The predicted molar refractivity (Wildman–Crippen MR) is 126 cm³/mol.